The molecule has 2 amide bonds. The van der Waals surface area contributed by atoms with Crippen LogP contribution >= 0.6 is 0 Å². The number of ether oxygens (including phenoxy) is 2. The van der Waals surface area contributed by atoms with Gasteiger partial charge in [0.05, 0.1) is 0 Å². The van der Waals surface area contributed by atoms with E-state index in [1.165, 1.54) is 11.8 Å². The van der Waals surface area contributed by atoms with Crippen LogP contribution in [-0.2, 0) is 14.3 Å². The molecule has 1 aromatic rings. The Balaban J connectivity index is 1.83. The summed E-state index contributed by atoms with van der Waals surface area (Å²) >= 11 is 0. The van der Waals surface area contributed by atoms with Crippen molar-refractivity contribution in [2.45, 2.75) is 31.3 Å². The lowest BCUT2D eigenvalue weighted by Gasteiger charge is -2.24. The number of carbonyl (C=O) groups is 2. The summed E-state index contributed by atoms with van der Waals surface area (Å²) in [6.45, 7) is 1.38. The van der Waals surface area contributed by atoms with Crippen LogP contribution in [0.2, 0.25) is 0 Å². The summed E-state index contributed by atoms with van der Waals surface area (Å²) in [5.41, 5.74) is 2.13. The Morgan fingerprint density at radius 2 is 1.89 bits per heavy atom. The first kappa shape index (κ1) is 10.1. The molecule has 3 aliphatic rings. The van der Waals surface area contributed by atoms with E-state index in [0.717, 1.165) is 11.1 Å². The molecule has 4 atom stereocenters. The number of rotatable bonds is 0. The Kier molecular flexibility index (Phi) is 1.74. The molecular formula is C13H11NO4. The van der Waals surface area contributed by atoms with Gasteiger partial charge in [-0.3, -0.25) is 4.79 Å². The molecule has 0 N–H and O–H groups in total. The second-order valence-corrected chi connectivity index (χ2v) is 4.83. The summed E-state index contributed by atoms with van der Waals surface area (Å²) < 4.78 is 11.2. The van der Waals surface area contributed by atoms with Gasteiger partial charge in [0.1, 0.15) is 18.2 Å². The maximum atomic E-state index is 11.7. The fraction of sp³-hybridized carbons (Fsp3) is 0.385. The smallest absolute Gasteiger partial charge is 0.417 e. The van der Waals surface area contributed by atoms with E-state index in [9.17, 15) is 9.59 Å². The van der Waals surface area contributed by atoms with Crippen LogP contribution in [0.3, 0.4) is 0 Å². The summed E-state index contributed by atoms with van der Waals surface area (Å²) in [6, 6.07) is 7.54. The molecule has 2 saturated heterocycles. The highest BCUT2D eigenvalue weighted by Gasteiger charge is 2.62. The minimum Gasteiger partial charge on any atom is -0.440 e. The van der Waals surface area contributed by atoms with Crippen molar-refractivity contribution in [2.24, 2.45) is 0 Å². The van der Waals surface area contributed by atoms with Crippen LogP contribution in [0.1, 0.15) is 30.3 Å². The lowest BCUT2D eigenvalue weighted by atomic mass is 9.86. The molecule has 3 heterocycles. The molecule has 2 bridgehead atoms. The molecule has 0 radical (unpaired) electrons. The van der Waals surface area contributed by atoms with Crippen molar-refractivity contribution in [3.05, 3.63) is 35.4 Å². The van der Waals surface area contributed by atoms with Crippen LogP contribution in [0.25, 0.3) is 0 Å². The van der Waals surface area contributed by atoms with Crippen LogP contribution in [0.5, 0.6) is 0 Å². The van der Waals surface area contributed by atoms with Gasteiger partial charge in [0.15, 0.2) is 6.10 Å². The molecule has 0 aliphatic carbocycles. The van der Waals surface area contributed by atoms with Crippen molar-refractivity contribution in [1.29, 1.82) is 0 Å². The Morgan fingerprint density at radius 1 is 1.22 bits per heavy atom. The first-order valence-electron chi connectivity index (χ1n) is 5.93. The molecular weight excluding hydrogens is 234 g/mol. The van der Waals surface area contributed by atoms with Gasteiger partial charge in [0.25, 0.3) is 0 Å². The van der Waals surface area contributed by atoms with Crippen LogP contribution in [0.15, 0.2) is 24.3 Å². The maximum Gasteiger partial charge on any atom is 0.417 e. The second-order valence-electron chi connectivity index (χ2n) is 4.83. The van der Waals surface area contributed by atoms with Gasteiger partial charge in [-0.15, -0.1) is 0 Å². The summed E-state index contributed by atoms with van der Waals surface area (Å²) in [7, 11) is 0. The monoisotopic (exact) mass is 245 g/mol. The van der Waals surface area contributed by atoms with Crippen LogP contribution in [0.4, 0.5) is 4.79 Å². The zero-order chi connectivity index (χ0) is 12.4. The molecule has 92 valence electrons. The number of imide groups is 1. The van der Waals surface area contributed by atoms with Gasteiger partial charge in [0.2, 0.25) is 5.91 Å². The van der Waals surface area contributed by atoms with E-state index in [1.54, 1.807) is 0 Å². The van der Waals surface area contributed by atoms with E-state index in [0.29, 0.717) is 0 Å². The Bertz CT molecular complexity index is 570. The summed E-state index contributed by atoms with van der Waals surface area (Å²) in [4.78, 5) is 24.5. The van der Waals surface area contributed by atoms with E-state index >= 15 is 0 Å². The second kappa shape index (κ2) is 3.11. The topological polar surface area (TPSA) is 55.8 Å². The molecule has 2 fully saturated rings. The molecule has 3 aliphatic heterocycles. The Labute approximate surface area is 103 Å². The van der Waals surface area contributed by atoms with Crippen LogP contribution in [-0.4, -0.2) is 29.0 Å². The fourth-order valence-electron chi connectivity index (χ4n) is 3.25. The third-order valence-corrected chi connectivity index (χ3v) is 3.92. The quantitative estimate of drug-likeness (QED) is 0.695. The number of amides is 2. The van der Waals surface area contributed by atoms with Crippen molar-refractivity contribution >= 4 is 12.0 Å². The first-order valence-corrected chi connectivity index (χ1v) is 5.93. The highest BCUT2D eigenvalue weighted by Crippen LogP contribution is 2.55. The average Bonchev–Trinajstić information content (AvgIpc) is 2.95. The van der Waals surface area contributed by atoms with Gasteiger partial charge in [-0.25, -0.2) is 9.69 Å². The van der Waals surface area contributed by atoms with Crippen molar-refractivity contribution in [3.8, 4) is 0 Å². The number of carbonyl (C=O) groups excluding carboxylic acids is 2. The molecule has 0 aromatic heterocycles. The van der Waals surface area contributed by atoms with Gasteiger partial charge >= 0.3 is 6.09 Å². The SMILES string of the molecule is CC(=O)N1C(=O)OC2C3OC(c4ccccc43)C21. The number of fused-ring (bicyclic) bond motifs is 8. The Morgan fingerprint density at radius 3 is 2.56 bits per heavy atom. The maximum absolute atomic E-state index is 11.7. The lowest BCUT2D eigenvalue weighted by Crippen LogP contribution is -2.42. The van der Waals surface area contributed by atoms with Gasteiger partial charge in [-0.05, 0) is 11.1 Å². The van der Waals surface area contributed by atoms with Crippen molar-refractivity contribution in [1.82, 2.24) is 4.90 Å². The highest BCUT2D eigenvalue weighted by atomic mass is 16.6. The third kappa shape index (κ3) is 1.01. The largest absolute Gasteiger partial charge is 0.440 e. The van der Waals surface area contributed by atoms with Gasteiger partial charge < -0.3 is 9.47 Å². The molecule has 0 saturated carbocycles. The van der Waals surface area contributed by atoms with Crippen molar-refractivity contribution < 1.29 is 19.1 Å². The Hall–Kier alpha value is -1.88. The zero-order valence-electron chi connectivity index (χ0n) is 9.70. The number of benzene rings is 1. The molecule has 5 nitrogen and oxygen atoms in total. The molecule has 18 heavy (non-hydrogen) atoms. The van der Waals surface area contributed by atoms with E-state index in [-0.39, 0.29) is 30.3 Å². The molecule has 0 spiro atoms. The first-order chi connectivity index (χ1) is 8.68. The van der Waals surface area contributed by atoms with Gasteiger partial charge in [-0.1, -0.05) is 24.3 Å². The minimum absolute atomic E-state index is 0.232. The predicted octanol–water partition coefficient (Wildman–Crippen LogP) is 1.55. The summed E-state index contributed by atoms with van der Waals surface area (Å²) in [5.74, 6) is -0.291. The fourth-order valence-corrected chi connectivity index (χ4v) is 3.25. The van der Waals surface area contributed by atoms with Crippen LogP contribution < -0.4 is 0 Å². The van der Waals surface area contributed by atoms with E-state index < -0.39 is 6.09 Å². The standard InChI is InChI=1S/C13H11NO4/c1-6(15)14-9-10-7-4-2-3-5-8(7)11(17-10)12(9)18-13(14)16/h2-5,9-12H,1H3. The number of hydrogen-bond donors (Lipinski definition) is 0. The minimum atomic E-state index is -0.552. The number of hydrogen-bond acceptors (Lipinski definition) is 4. The molecule has 4 unspecified atom stereocenters. The highest BCUT2D eigenvalue weighted by molar-refractivity contribution is 5.93. The van der Waals surface area contributed by atoms with E-state index in [4.69, 9.17) is 9.47 Å². The average molecular weight is 245 g/mol. The zero-order valence-corrected chi connectivity index (χ0v) is 9.70. The number of nitrogens with zero attached hydrogens (tertiary/aromatic N) is 1. The van der Waals surface area contributed by atoms with E-state index in [2.05, 4.69) is 0 Å². The third-order valence-electron chi connectivity index (χ3n) is 3.92. The normalized spacial score (nSPS) is 35.4. The molecule has 4 rings (SSSR count). The summed E-state index contributed by atoms with van der Waals surface area (Å²) in [6.07, 6.45) is -1.39. The molecule has 1 aromatic carbocycles. The van der Waals surface area contributed by atoms with Crippen molar-refractivity contribution in [3.63, 3.8) is 0 Å². The van der Waals surface area contributed by atoms with Crippen LogP contribution in [0, 0.1) is 0 Å². The lowest BCUT2D eigenvalue weighted by molar-refractivity contribution is -0.128. The van der Waals surface area contributed by atoms with Gasteiger partial charge in [0, 0.05) is 6.92 Å². The summed E-state index contributed by atoms with van der Waals surface area (Å²) in [5, 5.41) is 0. The predicted molar refractivity (Wildman–Crippen MR) is 59.6 cm³/mol. The van der Waals surface area contributed by atoms with Gasteiger partial charge in [-0.2, -0.15) is 0 Å². The molecule has 5 heteroatoms. The van der Waals surface area contributed by atoms with E-state index in [1.807, 2.05) is 24.3 Å². The van der Waals surface area contributed by atoms with Crippen molar-refractivity contribution in [2.75, 3.05) is 0 Å².